The molecule has 0 radical (unpaired) electrons. The Morgan fingerprint density at radius 1 is 0.958 bits per heavy atom. The summed E-state index contributed by atoms with van der Waals surface area (Å²) >= 11 is 0. The van der Waals surface area contributed by atoms with Crippen molar-refractivity contribution < 1.29 is 4.92 Å². The number of hydrogen-bond donors (Lipinski definition) is 0. The van der Waals surface area contributed by atoms with Crippen LogP contribution in [0.4, 0.5) is 5.69 Å². The molecule has 118 valence electrons. The number of pyridine rings is 1. The molecule has 4 rings (SSSR count). The van der Waals surface area contributed by atoms with Crippen molar-refractivity contribution in [3.8, 4) is 5.69 Å². The first kappa shape index (κ1) is 14.2. The van der Waals surface area contributed by atoms with Crippen molar-refractivity contribution in [3.05, 3.63) is 81.1 Å². The minimum Gasteiger partial charge on any atom is -0.342 e. The van der Waals surface area contributed by atoms with Crippen LogP contribution in [0.3, 0.4) is 0 Å². The fourth-order valence-electron chi connectivity index (χ4n) is 3.16. The average molecular weight is 319 g/mol. The highest BCUT2D eigenvalue weighted by atomic mass is 16.6. The molecule has 2 aromatic heterocycles. The Kier molecular flexibility index (Phi) is 2.99. The zero-order valence-electron chi connectivity index (χ0n) is 12.8. The highest BCUT2D eigenvalue weighted by Crippen LogP contribution is 2.29. The summed E-state index contributed by atoms with van der Waals surface area (Å²) in [5.74, 6) is 0. The molecule has 0 atom stereocenters. The van der Waals surface area contributed by atoms with Gasteiger partial charge < -0.3 is 4.57 Å². The Hall–Kier alpha value is -3.41. The van der Waals surface area contributed by atoms with E-state index in [1.54, 1.807) is 18.2 Å². The molecule has 24 heavy (non-hydrogen) atoms. The number of non-ortho nitro benzene ring substituents is 1. The van der Waals surface area contributed by atoms with Gasteiger partial charge in [-0.1, -0.05) is 24.3 Å². The zero-order chi connectivity index (χ0) is 16.8. The number of hydrogen-bond acceptors (Lipinski definition) is 3. The molecule has 0 amide bonds. The summed E-state index contributed by atoms with van der Waals surface area (Å²) in [6, 6.07) is 17.2. The molecule has 0 aliphatic carbocycles. The third kappa shape index (κ3) is 1.93. The van der Waals surface area contributed by atoms with Gasteiger partial charge in [0.25, 0.3) is 11.2 Å². The maximum Gasteiger partial charge on any atom is 0.271 e. The fourth-order valence-corrected chi connectivity index (χ4v) is 3.16. The minimum atomic E-state index is -0.461. The molecule has 0 bridgehead atoms. The molecule has 6 nitrogen and oxygen atoms in total. The van der Waals surface area contributed by atoms with Crippen molar-refractivity contribution in [2.45, 2.75) is 0 Å². The third-order valence-corrected chi connectivity index (χ3v) is 4.25. The van der Waals surface area contributed by atoms with Crippen molar-refractivity contribution >= 4 is 27.6 Å². The van der Waals surface area contributed by atoms with E-state index < -0.39 is 4.92 Å². The van der Waals surface area contributed by atoms with Gasteiger partial charge in [-0.25, -0.2) is 0 Å². The molecule has 0 fully saturated rings. The van der Waals surface area contributed by atoms with Crippen LogP contribution in [0, 0.1) is 10.1 Å². The number of benzene rings is 2. The van der Waals surface area contributed by atoms with E-state index in [1.807, 2.05) is 35.9 Å². The van der Waals surface area contributed by atoms with Gasteiger partial charge >= 0.3 is 0 Å². The zero-order valence-corrected chi connectivity index (χ0v) is 12.8. The Bertz CT molecular complexity index is 1170. The van der Waals surface area contributed by atoms with Crippen molar-refractivity contribution in [2.75, 3.05) is 0 Å². The molecular weight excluding hydrogens is 306 g/mol. The molecular formula is C18H13N3O3. The van der Waals surface area contributed by atoms with Crippen LogP contribution in [-0.2, 0) is 7.05 Å². The van der Waals surface area contributed by atoms with Gasteiger partial charge in [0, 0.05) is 30.6 Å². The standard InChI is InChI=1S/C18H13N3O3/c1-19-15-8-3-2-7-14(15)18-16(19)9-10-17(22)20(18)12-5-4-6-13(11-12)21(23)24/h2-11H,1H3. The first-order valence-corrected chi connectivity index (χ1v) is 7.42. The maximum atomic E-state index is 12.6. The van der Waals surface area contributed by atoms with Gasteiger partial charge in [0.05, 0.1) is 27.2 Å². The van der Waals surface area contributed by atoms with Crippen LogP contribution in [0.25, 0.3) is 27.6 Å². The maximum absolute atomic E-state index is 12.6. The predicted molar refractivity (Wildman–Crippen MR) is 92.7 cm³/mol. The number of rotatable bonds is 2. The molecule has 0 unspecified atom stereocenters. The molecule has 0 spiro atoms. The molecule has 0 aliphatic heterocycles. The van der Waals surface area contributed by atoms with E-state index >= 15 is 0 Å². The van der Waals surface area contributed by atoms with E-state index in [-0.39, 0.29) is 11.2 Å². The van der Waals surface area contributed by atoms with Gasteiger partial charge in [0.2, 0.25) is 0 Å². The summed E-state index contributed by atoms with van der Waals surface area (Å²) in [4.78, 5) is 23.2. The smallest absolute Gasteiger partial charge is 0.271 e. The largest absolute Gasteiger partial charge is 0.342 e. The number of nitro benzene ring substituents is 1. The lowest BCUT2D eigenvalue weighted by Gasteiger charge is -2.08. The van der Waals surface area contributed by atoms with Crippen LogP contribution in [-0.4, -0.2) is 14.1 Å². The lowest BCUT2D eigenvalue weighted by molar-refractivity contribution is -0.384. The highest BCUT2D eigenvalue weighted by molar-refractivity contribution is 6.06. The van der Waals surface area contributed by atoms with Gasteiger partial charge in [0.15, 0.2) is 0 Å². The van der Waals surface area contributed by atoms with E-state index in [4.69, 9.17) is 0 Å². The second kappa shape index (κ2) is 5.06. The number of aryl methyl sites for hydroxylation is 1. The van der Waals surface area contributed by atoms with Crippen LogP contribution in [0.2, 0.25) is 0 Å². The molecule has 0 saturated carbocycles. The highest BCUT2D eigenvalue weighted by Gasteiger charge is 2.15. The second-order valence-corrected chi connectivity index (χ2v) is 5.59. The average Bonchev–Trinajstić information content (AvgIpc) is 2.88. The number of nitro groups is 1. The van der Waals surface area contributed by atoms with Crippen LogP contribution < -0.4 is 5.56 Å². The van der Waals surface area contributed by atoms with Crippen molar-refractivity contribution in [1.29, 1.82) is 0 Å². The minimum absolute atomic E-state index is 0.0448. The summed E-state index contributed by atoms with van der Waals surface area (Å²) in [6.07, 6.45) is 0. The molecule has 0 aliphatic rings. The van der Waals surface area contributed by atoms with Crippen molar-refractivity contribution in [2.24, 2.45) is 7.05 Å². The van der Waals surface area contributed by atoms with Gasteiger partial charge in [-0.2, -0.15) is 0 Å². The first-order chi connectivity index (χ1) is 11.6. The quantitative estimate of drug-likeness (QED) is 0.420. The Morgan fingerprint density at radius 2 is 1.75 bits per heavy atom. The summed E-state index contributed by atoms with van der Waals surface area (Å²) < 4.78 is 3.54. The number of para-hydroxylation sites is 1. The van der Waals surface area contributed by atoms with E-state index in [1.165, 1.54) is 22.8 Å². The summed E-state index contributed by atoms with van der Waals surface area (Å²) in [7, 11) is 1.94. The van der Waals surface area contributed by atoms with Crippen LogP contribution in [0.1, 0.15) is 0 Å². The summed E-state index contributed by atoms with van der Waals surface area (Å²) in [6.45, 7) is 0. The SMILES string of the molecule is Cn1c2ccccc2c2c1ccc(=O)n2-c1cccc([N+](=O)[O-])c1. The van der Waals surface area contributed by atoms with Crippen LogP contribution in [0.5, 0.6) is 0 Å². The molecule has 2 aromatic carbocycles. The summed E-state index contributed by atoms with van der Waals surface area (Å²) in [5.41, 5.74) is 2.85. The fraction of sp³-hybridized carbons (Fsp3) is 0.0556. The topological polar surface area (TPSA) is 70.1 Å². The summed E-state index contributed by atoms with van der Waals surface area (Å²) in [5, 5.41) is 12.0. The number of nitrogens with zero attached hydrogens (tertiary/aromatic N) is 3. The second-order valence-electron chi connectivity index (χ2n) is 5.59. The third-order valence-electron chi connectivity index (χ3n) is 4.25. The molecule has 0 N–H and O–H groups in total. The molecule has 6 heteroatoms. The number of fused-ring (bicyclic) bond motifs is 3. The molecule has 2 heterocycles. The molecule has 0 saturated heterocycles. The Balaban J connectivity index is 2.18. The normalized spacial score (nSPS) is 11.2. The van der Waals surface area contributed by atoms with Crippen molar-refractivity contribution in [3.63, 3.8) is 0 Å². The predicted octanol–water partition coefficient (Wildman–Crippen LogP) is 3.39. The van der Waals surface area contributed by atoms with Gasteiger partial charge in [-0.05, 0) is 18.2 Å². The van der Waals surface area contributed by atoms with Gasteiger partial charge in [-0.3, -0.25) is 19.5 Å². The number of aromatic nitrogens is 2. The van der Waals surface area contributed by atoms with Gasteiger partial charge in [-0.15, -0.1) is 0 Å². The van der Waals surface area contributed by atoms with Crippen LogP contribution in [0.15, 0.2) is 65.5 Å². The Labute approximate surface area is 136 Å². The van der Waals surface area contributed by atoms with E-state index in [2.05, 4.69) is 0 Å². The van der Waals surface area contributed by atoms with E-state index in [0.717, 1.165) is 21.9 Å². The van der Waals surface area contributed by atoms with Crippen molar-refractivity contribution in [1.82, 2.24) is 9.13 Å². The van der Waals surface area contributed by atoms with Gasteiger partial charge in [0.1, 0.15) is 0 Å². The van der Waals surface area contributed by atoms with Crippen LogP contribution >= 0.6 is 0 Å². The first-order valence-electron chi connectivity index (χ1n) is 7.42. The lowest BCUT2D eigenvalue weighted by Crippen LogP contribution is -2.17. The van der Waals surface area contributed by atoms with E-state index in [0.29, 0.717) is 5.69 Å². The van der Waals surface area contributed by atoms with E-state index in [9.17, 15) is 14.9 Å². The Morgan fingerprint density at radius 3 is 2.54 bits per heavy atom. The lowest BCUT2D eigenvalue weighted by atomic mass is 10.2. The molecule has 4 aromatic rings. The monoisotopic (exact) mass is 319 g/mol.